The van der Waals surface area contributed by atoms with Crippen molar-refractivity contribution >= 4 is 10.8 Å². The van der Waals surface area contributed by atoms with Gasteiger partial charge in [0.1, 0.15) is 5.75 Å². The van der Waals surface area contributed by atoms with Crippen LogP contribution in [0.4, 0.5) is 0 Å². The van der Waals surface area contributed by atoms with Crippen molar-refractivity contribution in [1.82, 2.24) is 10.3 Å². The van der Waals surface area contributed by atoms with Crippen LogP contribution >= 0.6 is 0 Å². The third-order valence-corrected chi connectivity index (χ3v) is 2.40. The molecule has 0 bridgehead atoms. The molecule has 0 unspecified atom stereocenters. The van der Waals surface area contributed by atoms with Crippen molar-refractivity contribution in [2.24, 2.45) is 0 Å². The van der Waals surface area contributed by atoms with Crippen molar-refractivity contribution in [1.29, 1.82) is 0 Å². The summed E-state index contributed by atoms with van der Waals surface area (Å²) in [6.07, 6.45) is 1.83. The highest BCUT2D eigenvalue weighted by Crippen LogP contribution is 2.22. The van der Waals surface area contributed by atoms with E-state index in [-0.39, 0.29) is 0 Å². The molecule has 78 valence electrons. The zero-order valence-electron chi connectivity index (χ0n) is 8.95. The Kier molecular flexibility index (Phi) is 2.83. The Labute approximate surface area is 89.1 Å². The number of methoxy groups -OCH3 is 1. The van der Waals surface area contributed by atoms with Crippen LogP contribution in [-0.4, -0.2) is 19.1 Å². The molecule has 0 fully saturated rings. The van der Waals surface area contributed by atoms with Gasteiger partial charge in [-0.05, 0) is 36.7 Å². The molecule has 1 N–H and O–H groups in total. The molecule has 0 aliphatic carbocycles. The Morgan fingerprint density at radius 3 is 2.93 bits per heavy atom. The molecular weight excluding hydrogens is 188 g/mol. The molecular formula is C12H14N2O. The zero-order chi connectivity index (χ0) is 10.7. The molecule has 1 aromatic carbocycles. The summed E-state index contributed by atoms with van der Waals surface area (Å²) in [4.78, 5) is 4.35. The first-order valence-corrected chi connectivity index (χ1v) is 4.91. The summed E-state index contributed by atoms with van der Waals surface area (Å²) < 4.78 is 5.19. The standard InChI is InChI=1S/C12H14N2O/c1-13-8-12-11-4-3-10(15-2)7-9(11)5-6-14-12/h3-7,13H,8H2,1-2H3. The van der Waals surface area contributed by atoms with Gasteiger partial charge in [-0.3, -0.25) is 4.98 Å². The summed E-state index contributed by atoms with van der Waals surface area (Å²) in [5.74, 6) is 0.879. The van der Waals surface area contributed by atoms with Gasteiger partial charge in [-0.1, -0.05) is 0 Å². The number of aromatic nitrogens is 1. The van der Waals surface area contributed by atoms with E-state index in [1.165, 1.54) is 5.39 Å². The van der Waals surface area contributed by atoms with E-state index in [1.54, 1.807) is 7.11 Å². The fourth-order valence-corrected chi connectivity index (χ4v) is 1.65. The maximum Gasteiger partial charge on any atom is 0.119 e. The van der Waals surface area contributed by atoms with Crippen molar-refractivity contribution in [3.05, 3.63) is 36.2 Å². The van der Waals surface area contributed by atoms with Crippen molar-refractivity contribution in [2.45, 2.75) is 6.54 Å². The second-order valence-corrected chi connectivity index (χ2v) is 3.38. The average molecular weight is 202 g/mol. The number of hydrogen-bond acceptors (Lipinski definition) is 3. The number of hydrogen-bond donors (Lipinski definition) is 1. The Balaban J connectivity index is 2.56. The predicted octanol–water partition coefficient (Wildman–Crippen LogP) is 1.96. The Hall–Kier alpha value is -1.61. The van der Waals surface area contributed by atoms with Crippen LogP contribution in [0.15, 0.2) is 30.5 Å². The maximum absolute atomic E-state index is 5.19. The number of rotatable bonds is 3. The van der Waals surface area contributed by atoms with E-state index in [0.29, 0.717) is 0 Å². The zero-order valence-corrected chi connectivity index (χ0v) is 8.95. The number of fused-ring (bicyclic) bond motifs is 1. The number of nitrogens with one attached hydrogen (secondary N) is 1. The third-order valence-electron chi connectivity index (χ3n) is 2.40. The van der Waals surface area contributed by atoms with Crippen LogP contribution in [-0.2, 0) is 6.54 Å². The summed E-state index contributed by atoms with van der Waals surface area (Å²) in [5.41, 5.74) is 1.07. The van der Waals surface area contributed by atoms with Crippen LogP contribution in [0, 0.1) is 0 Å². The highest BCUT2D eigenvalue weighted by atomic mass is 16.5. The quantitative estimate of drug-likeness (QED) is 0.826. The molecule has 0 atom stereocenters. The maximum atomic E-state index is 5.19. The first-order chi connectivity index (χ1) is 7.35. The minimum absolute atomic E-state index is 0.781. The number of pyridine rings is 1. The monoisotopic (exact) mass is 202 g/mol. The van der Waals surface area contributed by atoms with Crippen LogP contribution in [0.2, 0.25) is 0 Å². The lowest BCUT2D eigenvalue weighted by molar-refractivity contribution is 0.415. The summed E-state index contributed by atoms with van der Waals surface area (Å²) >= 11 is 0. The van der Waals surface area contributed by atoms with Gasteiger partial charge in [-0.2, -0.15) is 0 Å². The van der Waals surface area contributed by atoms with E-state index in [4.69, 9.17) is 4.74 Å². The lowest BCUT2D eigenvalue weighted by atomic mass is 10.1. The molecule has 0 aliphatic rings. The minimum atomic E-state index is 0.781. The first-order valence-electron chi connectivity index (χ1n) is 4.91. The van der Waals surface area contributed by atoms with Gasteiger partial charge >= 0.3 is 0 Å². The van der Waals surface area contributed by atoms with Gasteiger partial charge in [0.05, 0.1) is 12.8 Å². The van der Waals surface area contributed by atoms with Crippen molar-refractivity contribution in [3.63, 3.8) is 0 Å². The van der Waals surface area contributed by atoms with Crippen LogP contribution in [0.5, 0.6) is 5.75 Å². The molecule has 2 rings (SSSR count). The number of benzene rings is 1. The lowest BCUT2D eigenvalue weighted by Gasteiger charge is -2.06. The molecule has 15 heavy (non-hydrogen) atoms. The topological polar surface area (TPSA) is 34.2 Å². The average Bonchev–Trinajstić information content (AvgIpc) is 2.29. The smallest absolute Gasteiger partial charge is 0.119 e. The van der Waals surface area contributed by atoms with Gasteiger partial charge in [-0.25, -0.2) is 0 Å². The van der Waals surface area contributed by atoms with E-state index in [0.717, 1.165) is 23.4 Å². The molecule has 3 heteroatoms. The Morgan fingerprint density at radius 1 is 1.33 bits per heavy atom. The van der Waals surface area contributed by atoms with Crippen LogP contribution in [0.1, 0.15) is 5.69 Å². The van der Waals surface area contributed by atoms with E-state index >= 15 is 0 Å². The van der Waals surface area contributed by atoms with Crippen LogP contribution in [0.3, 0.4) is 0 Å². The third kappa shape index (κ3) is 1.92. The summed E-state index contributed by atoms with van der Waals surface area (Å²) in [6, 6.07) is 8.03. The molecule has 1 heterocycles. The summed E-state index contributed by atoms with van der Waals surface area (Å²) in [7, 11) is 3.60. The summed E-state index contributed by atoms with van der Waals surface area (Å²) in [5, 5.41) is 5.45. The highest BCUT2D eigenvalue weighted by molar-refractivity contribution is 5.85. The Bertz CT molecular complexity index is 468. The second kappa shape index (κ2) is 4.28. The predicted molar refractivity (Wildman–Crippen MR) is 61.1 cm³/mol. The minimum Gasteiger partial charge on any atom is -0.497 e. The molecule has 1 aromatic heterocycles. The highest BCUT2D eigenvalue weighted by Gasteiger charge is 2.02. The normalized spacial score (nSPS) is 10.5. The van der Waals surface area contributed by atoms with Gasteiger partial charge in [0, 0.05) is 18.1 Å². The van der Waals surface area contributed by atoms with Gasteiger partial charge in [0.25, 0.3) is 0 Å². The second-order valence-electron chi connectivity index (χ2n) is 3.38. The van der Waals surface area contributed by atoms with E-state index in [1.807, 2.05) is 37.5 Å². The molecule has 3 nitrogen and oxygen atoms in total. The molecule has 2 aromatic rings. The molecule has 0 saturated heterocycles. The van der Waals surface area contributed by atoms with Crippen molar-refractivity contribution < 1.29 is 4.74 Å². The number of nitrogens with zero attached hydrogens (tertiary/aromatic N) is 1. The summed E-state index contributed by atoms with van der Waals surface area (Å²) in [6.45, 7) is 0.781. The SMILES string of the molecule is CNCc1nccc2cc(OC)ccc12. The van der Waals surface area contributed by atoms with Crippen molar-refractivity contribution in [2.75, 3.05) is 14.2 Å². The van der Waals surface area contributed by atoms with Crippen LogP contribution in [0.25, 0.3) is 10.8 Å². The largest absolute Gasteiger partial charge is 0.497 e. The van der Waals surface area contributed by atoms with E-state index in [2.05, 4.69) is 10.3 Å². The molecule has 0 aliphatic heterocycles. The van der Waals surface area contributed by atoms with Gasteiger partial charge in [0.2, 0.25) is 0 Å². The van der Waals surface area contributed by atoms with Gasteiger partial charge in [0.15, 0.2) is 0 Å². The fourth-order valence-electron chi connectivity index (χ4n) is 1.65. The van der Waals surface area contributed by atoms with Crippen LogP contribution < -0.4 is 10.1 Å². The van der Waals surface area contributed by atoms with E-state index in [9.17, 15) is 0 Å². The first kappa shape index (κ1) is 9.93. The van der Waals surface area contributed by atoms with Gasteiger partial charge in [-0.15, -0.1) is 0 Å². The fraction of sp³-hybridized carbons (Fsp3) is 0.250. The molecule has 0 radical (unpaired) electrons. The Morgan fingerprint density at radius 2 is 2.20 bits per heavy atom. The molecule has 0 amide bonds. The van der Waals surface area contributed by atoms with E-state index < -0.39 is 0 Å². The molecule has 0 spiro atoms. The van der Waals surface area contributed by atoms with Gasteiger partial charge < -0.3 is 10.1 Å². The lowest BCUT2D eigenvalue weighted by Crippen LogP contribution is -2.07. The van der Waals surface area contributed by atoms with Crippen molar-refractivity contribution in [3.8, 4) is 5.75 Å². The number of ether oxygens (including phenoxy) is 1. The molecule has 0 saturated carbocycles.